The van der Waals surface area contributed by atoms with E-state index >= 15 is 0 Å². The van der Waals surface area contributed by atoms with Crippen LogP contribution < -0.4 is 0 Å². The first-order chi connectivity index (χ1) is 8.83. The van der Waals surface area contributed by atoms with Gasteiger partial charge in [0.1, 0.15) is 6.29 Å². The summed E-state index contributed by atoms with van der Waals surface area (Å²) in [6, 6.07) is 19.7. The summed E-state index contributed by atoms with van der Waals surface area (Å²) in [5.74, 6) is 0. The number of carbonyl (C=O) groups is 1. The Kier molecular flexibility index (Phi) is 3.73. The minimum absolute atomic E-state index is 0.602. The summed E-state index contributed by atoms with van der Waals surface area (Å²) in [6.07, 6.45) is 3.43. The van der Waals surface area contributed by atoms with Crippen LogP contribution in [0.1, 0.15) is 17.5 Å². The van der Waals surface area contributed by atoms with Crippen LogP contribution in [-0.2, 0) is 10.2 Å². The van der Waals surface area contributed by atoms with Gasteiger partial charge >= 0.3 is 0 Å². The molecule has 0 aromatic heterocycles. The lowest BCUT2D eigenvalue weighted by Crippen LogP contribution is -2.28. The number of aldehydes is 1. The van der Waals surface area contributed by atoms with Crippen LogP contribution in [0.3, 0.4) is 0 Å². The number of rotatable bonds is 5. The van der Waals surface area contributed by atoms with Gasteiger partial charge in [-0.05, 0) is 17.5 Å². The van der Waals surface area contributed by atoms with Crippen molar-refractivity contribution in [3.63, 3.8) is 0 Å². The Labute approximate surface area is 108 Å². The summed E-state index contributed by atoms with van der Waals surface area (Å²) >= 11 is 0. The monoisotopic (exact) mass is 236 g/mol. The van der Waals surface area contributed by atoms with Crippen molar-refractivity contribution in [2.45, 2.75) is 11.8 Å². The van der Waals surface area contributed by atoms with Crippen LogP contribution in [-0.4, -0.2) is 6.29 Å². The van der Waals surface area contributed by atoms with Crippen molar-refractivity contribution in [3.05, 3.63) is 84.4 Å². The SMILES string of the molecule is C=CCC(C=O)(c1ccccc1)c1ccccc1. The van der Waals surface area contributed by atoms with Gasteiger partial charge in [-0.1, -0.05) is 66.7 Å². The molecule has 0 unspecified atom stereocenters. The highest BCUT2D eigenvalue weighted by Gasteiger charge is 2.32. The third kappa shape index (κ3) is 2.12. The summed E-state index contributed by atoms with van der Waals surface area (Å²) in [5.41, 5.74) is 1.39. The molecule has 0 atom stereocenters. The van der Waals surface area contributed by atoms with Crippen molar-refractivity contribution in [2.24, 2.45) is 0 Å². The summed E-state index contributed by atoms with van der Waals surface area (Å²) in [4.78, 5) is 11.8. The number of carbonyl (C=O) groups excluding carboxylic acids is 1. The molecule has 0 aliphatic heterocycles. The first-order valence-corrected chi connectivity index (χ1v) is 6.02. The van der Waals surface area contributed by atoms with E-state index in [0.29, 0.717) is 6.42 Å². The van der Waals surface area contributed by atoms with Crippen LogP contribution in [0.15, 0.2) is 73.3 Å². The van der Waals surface area contributed by atoms with E-state index in [-0.39, 0.29) is 0 Å². The summed E-state index contributed by atoms with van der Waals surface area (Å²) < 4.78 is 0. The highest BCUT2D eigenvalue weighted by molar-refractivity contribution is 5.75. The van der Waals surface area contributed by atoms with Gasteiger partial charge in [-0.3, -0.25) is 0 Å². The van der Waals surface area contributed by atoms with Crippen molar-refractivity contribution < 1.29 is 4.79 Å². The maximum Gasteiger partial charge on any atom is 0.135 e. The summed E-state index contributed by atoms with van der Waals surface area (Å²) in [7, 11) is 0. The van der Waals surface area contributed by atoms with Crippen LogP contribution in [0.5, 0.6) is 0 Å². The van der Waals surface area contributed by atoms with Gasteiger partial charge in [0.05, 0.1) is 5.41 Å². The van der Waals surface area contributed by atoms with Gasteiger partial charge in [0.25, 0.3) is 0 Å². The van der Waals surface area contributed by atoms with Crippen LogP contribution in [0.2, 0.25) is 0 Å². The van der Waals surface area contributed by atoms with Gasteiger partial charge in [-0.15, -0.1) is 6.58 Å². The molecule has 0 amide bonds. The molecular formula is C17H16O. The van der Waals surface area contributed by atoms with Crippen LogP contribution in [0, 0.1) is 0 Å². The molecule has 0 fully saturated rings. The number of benzene rings is 2. The first kappa shape index (κ1) is 12.3. The van der Waals surface area contributed by atoms with E-state index in [1.54, 1.807) is 6.08 Å². The Morgan fingerprint density at radius 3 is 1.67 bits per heavy atom. The molecule has 0 saturated heterocycles. The second-order valence-corrected chi connectivity index (χ2v) is 4.31. The molecule has 90 valence electrons. The predicted octanol–water partition coefficient (Wildman–Crippen LogP) is 3.75. The predicted molar refractivity (Wildman–Crippen MR) is 74.5 cm³/mol. The Balaban J connectivity index is 2.60. The second-order valence-electron chi connectivity index (χ2n) is 4.31. The van der Waals surface area contributed by atoms with Gasteiger partial charge in [-0.25, -0.2) is 0 Å². The molecule has 0 bridgehead atoms. The van der Waals surface area contributed by atoms with Gasteiger partial charge in [-0.2, -0.15) is 0 Å². The van der Waals surface area contributed by atoms with E-state index in [0.717, 1.165) is 17.4 Å². The Morgan fingerprint density at radius 2 is 1.33 bits per heavy atom. The quantitative estimate of drug-likeness (QED) is 0.571. The Morgan fingerprint density at radius 1 is 0.889 bits per heavy atom. The van der Waals surface area contributed by atoms with Gasteiger partial charge < -0.3 is 4.79 Å². The van der Waals surface area contributed by atoms with Crippen LogP contribution in [0.25, 0.3) is 0 Å². The zero-order valence-corrected chi connectivity index (χ0v) is 10.3. The lowest BCUT2D eigenvalue weighted by Gasteiger charge is -2.28. The standard InChI is InChI=1S/C17H16O/c1-2-13-17(14-18,15-9-5-3-6-10-15)16-11-7-4-8-12-16/h2-12,14H,1,13H2. The molecule has 0 heterocycles. The van der Waals surface area contributed by atoms with Crippen molar-refractivity contribution in [1.29, 1.82) is 0 Å². The molecule has 2 aromatic rings. The minimum Gasteiger partial charge on any atom is -0.302 e. The largest absolute Gasteiger partial charge is 0.302 e. The number of hydrogen-bond donors (Lipinski definition) is 0. The molecule has 2 rings (SSSR count). The molecule has 0 aliphatic rings. The van der Waals surface area contributed by atoms with Crippen molar-refractivity contribution in [2.75, 3.05) is 0 Å². The maximum atomic E-state index is 11.8. The van der Waals surface area contributed by atoms with E-state index in [2.05, 4.69) is 6.58 Å². The second kappa shape index (κ2) is 5.46. The normalized spacial score (nSPS) is 10.9. The van der Waals surface area contributed by atoms with Crippen molar-refractivity contribution in [3.8, 4) is 0 Å². The lowest BCUT2D eigenvalue weighted by molar-refractivity contribution is -0.111. The summed E-state index contributed by atoms with van der Waals surface area (Å²) in [5, 5.41) is 0. The fraction of sp³-hybridized carbons (Fsp3) is 0.118. The minimum atomic E-state index is -0.621. The Bertz CT molecular complexity index is 474. The summed E-state index contributed by atoms with van der Waals surface area (Å²) in [6.45, 7) is 3.79. The molecule has 1 heteroatoms. The van der Waals surface area contributed by atoms with E-state index in [9.17, 15) is 4.79 Å². The molecule has 0 N–H and O–H groups in total. The van der Waals surface area contributed by atoms with E-state index in [1.807, 2.05) is 60.7 Å². The number of allylic oxidation sites excluding steroid dienone is 1. The van der Waals surface area contributed by atoms with E-state index in [4.69, 9.17) is 0 Å². The van der Waals surface area contributed by atoms with Gasteiger partial charge in [0.15, 0.2) is 0 Å². The van der Waals surface area contributed by atoms with Crippen LogP contribution in [0.4, 0.5) is 0 Å². The molecule has 1 nitrogen and oxygen atoms in total. The lowest BCUT2D eigenvalue weighted by atomic mass is 9.73. The molecule has 0 spiro atoms. The maximum absolute atomic E-state index is 11.8. The molecule has 18 heavy (non-hydrogen) atoms. The van der Waals surface area contributed by atoms with Crippen molar-refractivity contribution in [1.82, 2.24) is 0 Å². The molecule has 0 radical (unpaired) electrons. The molecule has 2 aromatic carbocycles. The topological polar surface area (TPSA) is 17.1 Å². The van der Waals surface area contributed by atoms with Gasteiger partial charge in [0.2, 0.25) is 0 Å². The average molecular weight is 236 g/mol. The highest BCUT2D eigenvalue weighted by atomic mass is 16.1. The van der Waals surface area contributed by atoms with Crippen LogP contribution >= 0.6 is 0 Å². The molecular weight excluding hydrogens is 220 g/mol. The van der Waals surface area contributed by atoms with Crippen molar-refractivity contribution >= 4 is 6.29 Å². The fourth-order valence-electron chi connectivity index (χ4n) is 2.29. The van der Waals surface area contributed by atoms with E-state index in [1.165, 1.54) is 0 Å². The molecule has 0 aliphatic carbocycles. The third-order valence-electron chi connectivity index (χ3n) is 3.25. The average Bonchev–Trinajstić information content (AvgIpc) is 2.47. The third-order valence-corrected chi connectivity index (χ3v) is 3.25. The highest BCUT2D eigenvalue weighted by Crippen LogP contribution is 2.33. The smallest absolute Gasteiger partial charge is 0.135 e. The van der Waals surface area contributed by atoms with E-state index < -0.39 is 5.41 Å². The fourth-order valence-corrected chi connectivity index (χ4v) is 2.29. The Hall–Kier alpha value is -2.15. The zero-order chi connectivity index (χ0) is 12.8. The first-order valence-electron chi connectivity index (χ1n) is 6.02. The number of hydrogen-bond acceptors (Lipinski definition) is 1. The molecule has 0 saturated carbocycles. The zero-order valence-electron chi connectivity index (χ0n) is 10.3. The van der Waals surface area contributed by atoms with Gasteiger partial charge in [0, 0.05) is 0 Å².